The van der Waals surface area contributed by atoms with Crippen LogP contribution in [-0.4, -0.2) is 20.0 Å². The molecule has 0 spiro atoms. The van der Waals surface area contributed by atoms with Gasteiger partial charge >= 0.3 is 6.36 Å². The van der Waals surface area contributed by atoms with Crippen molar-refractivity contribution >= 4 is 10.0 Å². The van der Waals surface area contributed by atoms with E-state index in [2.05, 4.69) is 11.4 Å². The van der Waals surface area contributed by atoms with Crippen molar-refractivity contribution in [2.45, 2.75) is 37.8 Å². The number of hydrogen-bond acceptors (Lipinski definition) is 3. The summed E-state index contributed by atoms with van der Waals surface area (Å²) in [7, 11) is -4.12. The number of hydrogen-bond donors (Lipinski definition) is 1. The highest BCUT2D eigenvalue weighted by Crippen LogP contribution is 2.17. The lowest BCUT2D eigenvalue weighted by molar-refractivity contribution is -0.338. The highest BCUT2D eigenvalue weighted by molar-refractivity contribution is 7.89. The third-order valence-electron chi connectivity index (χ3n) is 1.86. The number of allylic oxidation sites excluding steroid dienone is 1. The van der Waals surface area contributed by atoms with E-state index in [0.717, 1.165) is 4.89 Å². The third kappa shape index (κ3) is 6.09. The van der Waals surface area contributed by atoms with E-state index in [-0.39, 0.29) is 12.8 Å². The van der Waals surface area contributed by atoms with Crippen molar-refractivity contribution in [2.24, 2.45) is 0 Å². The fourth-order valence-corrected chi connectivity index (χ4v) is 2.29. The summed E-state index contributed by atoms with van der Waals surface area (Å²) in [4.78, 5) is 4.16. The Morgan fingerprint density at radius 1 is 1.50 bits per heavy atom. The van der Waals surface area contributed by atoms with E-state index in [1.807, 2.05) is 0 Å². The van der Waals surface area contributed by atoms with Gasteiger partial charge in [0.1, 0.15) is 0 Å². The average molecular weight is 261 g/mol. The largest absolute Gasteiger partial charge is 0.539 e. The standard InChI is InChI=1S/C8H14F3NO3S/c1-3-5-6-7(4-2)16(13,14)12-15-8(9,10)11/h3,7,12H,1,4-6H2,2H3. The maximum absolute atomic E-state index is 11.6. The second-order valence-electron chi connectivity index (χ2n) is 3.07. The Hall–Kier alpha value is -0.600. The zero-order valence-electron chi connectivity index (χ0n) is 8.75. The van der Waals surface area contributed by atoms with Crippen LogP contribution in [0.15, 0.2) is 12.7 Å². The van der Waals surface area contributed by atoms with Crippen molar-refractivity contribution in [3.8, 4) is 0 Å². The Morgan fingerprint density at radius 2 is 2.06 bits per heavy atom. The smallest absolute Gasteiger partial charge is 0.210 e. The minimum atomic E-state index is -5.02. The van der Waals surface area contributed by atoms with Crippen molar-refractivity contribution < 1.29 is 26.4 Å². The molecule has 0 fully saturated rings. The summed E-state index contributed by atoms with van der Waals surface area (Å²) in [6, 6.07) is 0. The molecule has 1 atom stereocenters. The van der Waals surface area contributed by atoms with Gasteiger partial charge in [-0.3, -0.25) is 0 Å². The van der Waals surface area contributed by atoms with Gasteiger partial charge < -0.3 is 0 Å². The molecule has 0 amide bonds. The first-order valence-corrected chi connectivity index (χ1v) is 6.13. The molecule has 16 heavy (non-hydrogen) atoms. The molecule has 0 bridgehead atoms. The minimum absolute atomic E-state index is 0.199. The first kappa shape index (κ1) is 15.4. The van der Waals surface area contributed by atoms with Gasteiger partial charge in [-0.05, 0) is 19.3 Å². The number of rotatable bonds is 7. The van der Waals surface area contributed by atoms with E-state index >= 15 is 0 Å². The van der Waals surface area contributed by atoms with E-state index < -0.39 is 21.6 Å². The Kier molecular flexibility index (Phi) is 5.98. The van der Waals surface area contributed by atoms with Gasteiger partial charge in [0, 0.05) is 0 Å². The number of nitrogens with one attached hydrogen (secondary N) is 1. The zero-order chi connectivity index (χ0) is 12.8. The van der Waals surface area contributed by atoms with Crippen LogP contribution in [0, 0.1) is 0 Å². The second-order valence-corrected chi connectivity index (χ2v) is 5.00. The summed E-state index contributed by atoms with van der Waals surface area (Å²) >= 11 is 0. The van der Waals surface area contributed by atoms with Gasteiger partial charge in [-0.1, -0.05) is 17.9 Å². The molecule has 0 heterocycles. The monoisotopic (exact) mass is 261 g/mol. The molecule has 0 saturated heterocycles. The normalized spacial score (nSPS) is 14.8. The Bertz CT molecular complexity index is 313. The summed E-state index contributed by atoms with van der Waals surface area (Å²) in [5, 5.41) is -0.923. The Labute approximate surface area is 92.5 Å². The highest BCUT2D eigenvalue weighted by atomic mass is 32.2. The van der Waals surface area contributed by atoms with Crippen molar-refractivity contribution in [2.75, 3.05) is 0 Å². The number of halogens is 3. The van der Waals surface area contributed by atoms with Crippen LogP contribution in [0.25, 0.3) is 0 Å². The first-order valence-electron chi connectivity index (χ1n) is 4.59. The molecule has 0 rings (SSSR count). The van der Waals surface area contributed by atoms with Crippen LogP contribution < -0.4 is 4.89 Å². The molecule has 1 unspecified atom stereocenters. The summed E-state index contributed by atoms with van der Waals surface area (Å²) < 4.78 is 57.6. The van der Waals surface area contributed by atoms with E-state index in [1.54, 1.807) is 6.92 Å². The molecule has 4 nitrogen and oxygen atoms in total. The summed E-state index contributed by atoms with van der Waals surface area (Å²) in [5.41, 5.74) is 0. The minimum Gasteiger partial charge on any atom is -0.210 e. The maximum atomic E-state index is 11.6. The lowest BCUT2D eigenvalue weighted by atomic mass is 10.2. The molecule has 96 valence electrons. The van der Waals surface area contributed by atoms with Crippen LogP contribution in [-0.2, 0) is 14.9 Å². The molecule has 1 N–H and O–H groups in total. The van der Waals surface area contributed by atoms with Gasteiger partial charge in [-0.2, -0.15) is 4.84 Å². The molecule has 0 radical (unpaired) electrons. The molecular formula is C8H14F3NO3S. The van der Waals surface area contributed by atoms with Crippen molar-refractivity contribution in [1.82, 2.24) is 4.89 Å². The van der Waals surface area contributed by atoms with Crippen molar-refractivity contribution in [3.05, 3.63) is 12.7 Å². The van der Waals surface area contributed by atoms with Crippen LogP contribution in [0.2, 0.25) is 0 Å². The van der Waals surface area contributed by atoms with Gasteiger partial charge in [-0.15, -0.1) is 19.8 Å². The molecule has 0 aliphatic heterocycles. The average Bonchev–Trinajstić information content (AvgIpc) is 2.15. The molecular weight excluding hydrogens is 247 g/mol. The van der Waals surface area contributed by atoms with Gasteiger partial charge in [0.05, 0.1) is 5.25 Å². The fourth-order valence-electron chi connectivity index (χ4n) is 1.06. The zero-order valence-corrected chi connectivity index (χ0v) is 9.57. The number of alkyl halides is 3. The molecule has 0 aliphatic carbocycles. The maximum Gasteiger partial charge on any atom is 0.539 e. The van der Waals surface area contributed by atoms with Crippen molar-refractivity contribution in [1.29, 1.82) is 0 Å². The quantitative estimate of drug-likeness (QED) is 0.564. The third-order valence-corrected chi connectivity index (χ3v) is 3.62. The van der Waals surface area contributed by atoms with Crippen LogP contribution >= 0.6 is 0 Å². The lowest BCUT2D eigenvalue weighted by Crippen LogP contribution is -2.37. The van der Waals surface area contributed by atoms with Gasteiger partial charge in [0.25, 0.3) is 0 Å². The summed E-state index contributed by atoms with van der Waals surface area (Å²) in [6.45, 7) is 4.98. The molecule has 0 aliphatic rings. The van der Waals surface area contributed by atoms with E-state index in [4.69, 9.17) is 0 Å². The van der Waals surface area contributed by atoms with Crippen LogP contribution in [0.4, 0.5) is 13.2 Å². The van der Waals surface area contributed by atoms with Gasteiger partial charge in [0.15, 0.2) is 0 Å². The van der Waals surface area contributed by atoms with Crippen molar-refractivity contribution in [3.63, 3.8) is 0 Å². The van der Waals surface area contributed by atoms with E-state index in [0.29, 0.717) is 6.42 Å². The Balaban J connectivity index is 4.43. The summed E-state index contributed by atoms with van der Waals surface area (Å²) in [6.07, 6.45) is -2.71. The predicted molar refractivity (Wildman–Crippen MR) is 52.7 cm³/mol. The first-order chi connectivity index (χ1) is 7.23. The second kappa shape index (κ2) is 6.21. The van der Waals surface area contributed by atoms with Crippen LogP contribution in [0.1, 0.15) is 26.2 Å². The highest BCUT2D eigenvalue weighted by Gasteiger charge is 2.34. The molecule has 0 aromatic rings. The molecule has 0 saturated carbocycles. The van der Waals surface area contributed by atoms with E-state index in [9.17, 15) is 21.6 Å². The van der Waals surface area contributed by atoms with Crippen LogP contribution in [0.3, 0.4) is 0 Å². The fraction of sp³-hybridized carbons (Fsp3) is 0.750. The molecule has 0 aromatic carbocycles. The number of sulfonamides is 1. The lowest BCUT2D eigenvalue weighted by Gasteiger charge is -2.16. The summed E-state index contributed by atoms with van der Waals surface area (Å²) in [5.74, 6) is 0. The van der Waals surface area contributed by atoms with E-state index in [1.165, 1.54) is 6.08 Å². The van der Waals surface area contributed by atoms with Gasteiger partial charge in [-0.25, -0.2) is 8.42 Å². The molecule has 0 aromatic heterocycles. The van der Waals surface area contributed by atoms with Crippen LogP contribution in [0.5, 0.6) is 0 Å². The topological polar surface area (TPSA) is 55.4 Å². The SMILES string of the molecule is C=CCCC(CC)S(=O)(=O)NOC(F)(F)F. The molecule has 8 heteroatoms. The Morgan fingerprint density at radius 3 is 2.44 bits per heavy atom. The predicted octanol–water partition coefficient (Wildman–Crippen LogP) is 2.10. The van der Waals surface area contributed by atoms with Gasteiger partial charge in [0.2, 0.25) is 10.0 Å².